The fourth-order valence-electron chi connectivity index (χ4n) is 3.47. The fourth-order valence-corrected chi connectivity index (χ4v) is 4.08. The SMILES string of the molecule is O=C(Cc1nccs1)NC(CNC(=O)C1CC=CCO1)C1CCCC1. The smallest absolute Gasteiger partial charge is 0.249 e. The fraction of sp³-hybridized carbons (Fsp3) is 0.611. The predicted molar refractivity (Wildman–Crippen MR) is 96.2 cm³/mol. The average Bonchev–Trinajstić information content (AvgIpc) is 3.33. The van der Waals surface area contributed by atoms with Gasteiger partial charge in [0.25, 0.3) is 0 Å². The average molecular weight is 363 g/mol. The van der Waals surface area contributed by atoms with E-state index in [-0.39, 0.29) is 17.9 Å². The lowest BCUT2D eigenvalue weighted by Gasteiger charge is -2.26. The molecule has 1 aromatic rings. The highest BCUT2D eigenvalue weighted by atomic mass is 32.1. The van der Waals surface area contributed by atoms with Gasteiger partial charge in [-0.05, 0) is 18.8 Å². The molecule has 1 fully saturated rings. The number of nitrogens with one attached hydrogen (secondary N) is 2. The predicted octanol–water partition coefficient (Wildman–Crippen LogP) is 1.82. The molecule has 7 heteroatoms. The van der Waals surface area contributed by atoms with Gasteiger partial charge in [-0.25, -0.2) is 4.98 Å². The number of nitrogens with zero attached hydrogens (tertiary/aromatic N) is 1. The Morgan fingerprint density at radius 1 is 1.32 bits per heavy atom. The van der Waals surface area contributed by atoms with Crippen LogP contribution in [0.2, 0.25) is 0 Å². The van der Waals surface area contributed by atoms with E-state index in [9.17, 15) is 9.59 Å². The standard InChI is InChI=1S/C18H25N3O3S/c22-16(11-17-19-8-10-25-17)21-14(13-5-1-2-6-13)12-20-18(23)15-7-3-4-9-24-15/h3-4,8,10,13-15H,1-2,5-7,9,11-12H2,(H,20,23)(H,21,22). The maximum absolute atomic E-state index is 12.3. The van der Waals surface area contributed by atoms with Gasteiger partial charge in [0.05, 0.1) is 13.0 Å². The third-order valence-electron chi connectivity index (χ3n) is 4.81. The summed E-state index contributed by atoms with van der Waals surface area (Å²) in [4.78, 5) is 28.8. The van der Waals surface area contributed by atoms with Crippen molar-refractivity contribution >= 4 is 23.2 Å². The van der Waals surface area contributed by atoms with Crippen LogP contribution in [0.1, 0.15) is 37.1 Å². The minimum absolute atomic E-state index is 0.0296. The number of carbonyl (C=O) groups excluding carboxylic acids is 2. The first-order valence-electron chi connectivity index (χ1n) is 8.94. The molecule has 0 aromatic carbocycles. The number of rotatable bonds is 7. The number of hydrogen-bond donors (Lipinski definition) is 2. The molecule has 2 N–H and O–H groups in total. The highest BCUT2D eigenvalue weighted by Gasteiger charge is 2.28. The zero-order valence-corrected chi connectivity index (χ0v) is 15.1. The maximum atomic E-state index is 12.3. The molecule has 2 amide bonds. The molecule has 0 spiro atoms. The number of ether oxygens (including phenoxy) is 1. The van der Waals surface area contributed by atoms with Crippen LogP contribution in [-0.2, 0) is 20.7 Å². The van der Waals surface area contributed by atoms with E-state index in [4.69, 9.17) is 4.74 Å². The van der Waals surface area contributed by atoms with Gasteiger partial charge in [-0.3, -0.25) is 9.59 Å². The van der Waals surface area contributed by atoms with E-state index in [1.807, 2.05) is 17.5 Å². The van der Waals surface area contributed by atoms with Crippen LogP contribution in [0.5, 0.6) is 0 Å². The Morgan fingerprint density at radius 3 is 2.84 bits per heavy atom. The van der Waals surface area contributed by atoms with Gasteiger partial charge in [0, 0.05) is 30.6 Å². The molecule has 0 radical (unpaired) electrons. The second kappa shape index (κ2) is 9.10. The van der Waals surface area contributed by atoms with Crippen LogP contribution in [0.15, 0.2) is 23.7 Å². The lowest BCUT2D eigenvalue weighted by atomic mass is 9.97. The van der Waals surface area contributed by atoms with E-state index in [0.717, 1.165) is 17.8 Å². The third kappa shape index (κ3) is 5.37. The van der Waals surface area contributed by atoms with Crippen molar-refractivity contribution in [3.63, 3.8) is 0 Å². The van der Waals surface area contributed by atoms with E-state index in [0.29, 0.717) is 31.9 Å². The van der Waals surface area contributed by atoms with E-state index in [2.05, 4.69) is 15.6 Å². The van der Waals surface area contributed by atoms with Crippen LogP contribution >= 0.6 is 11.3 Å². The summed E-state index contributed by atoms with van der Waals surface area (Å²) in [6, 6.07) is -0.0296. The summed E-state index contributed by atoms with van der Waals surface area (Å²) in [5.41, 5.74) is 0. The lowest BCUT2D eigenvalue weighted by Crippen LogP contribution is -2.50. The van der Waals surface area contributed by atoms with Gasteiger partial charge in [-0.1, -0.05) is 25.0 Å². The van der Waals surface area contributed by atoms with E-state index < -0.39 is 6.10 Å². The topological polar surface area (TPSA) is 80.3 Å². The summed E-state index contributed by atoms with van der Waals surface area (Å²) < 4.78 is 5.46. The van der Waals surface area contributed by atoms with E-state index >= 15 is 0 Å². The first-order valence-corrected chi connectivity index (χ1v) is 9.82. The molecule has 1 saturated carbocycles. The summed E-state index contributed by atoms with van der Waals surface area (Å²) >= 11 is 1.48. The Bertz CT molecular complexity index is 597. The van der Waals surface area contributed by atoms with Crippen molar-refractivity contribution < 1.29 is 14.3 Å². The molecular formula is C18H25N3O3S. The summed E-state index contributed by atoms with van der Waals surface area (Å²) in [5, 5.41) is 8.77. The summed E-state index contributed by atoms with van der Waals surface area (Å²) in [7, 11) is 0. The summed E-state index contributed by atoms with van der Waals surface area (Å²) in [6.07, 6.45) is 10.7. The second-order valence-electron chi connectivity index (χ2n) is 6.60. The summed E-state index contributed by atoms with van der Waals surface area (Å²) in [6.45, 7) is 0.936. The molecule has 2 unspecified atom stereocenters. The first kappa shape index (κ1) is 18.1. The van der Waals surface area contributed by atoms with Crippen LogP contribution in [0.3, 0.4) is 0 Å². The molecule has 0 saturated heterocycles. The first-order chi connectivity index (χ1) is 12.2. The van der Waals surface area contributed by atoms with Crippen LogP contribution in [0.4, 0.5) is 0 Å². The molecule has 6 nitrogen and oxygen atoms in total. The minimum atomic E-state index is -0.416. The molecule has 2 atom stereocenters. The van der Waals surface area contributed by atoms with Crippen molar-refractivity contribution in [2.75, 3.05) is 13.2 Å². The van der Waals surface area contributed by atoms with Crippen LogP contribution in [0, 0.1) is 5.92 Å². The van der Waals surface area contributed by atoms with Gasteiger partial charge >= 0.3 is 0 Å². The summed E-state index contributed by atoms with van der Waals surface area (Å²) in [5.74, 6) is 0.298. The number of carbonyl (C=O) groups is 2. The Labute approximate surface area is 152 Å². The molecule has 2 aliphatic rings. The van der Waals surface area contributed by atoms with Crippen molar-refractivity contribution in [2.45, 2.75) is 50.7 Å². The van der Waals surface area contributed by atoms with Crippen molar-refractivity contribution in [1.29, 1.82) is 0 Å². The number of thiazole rings is 1. The quantitative estimate of drug-likeness (QED) is 0.724. The van der Waals surface area contributed by atoms with Crippen LogP contribution < -0.4 is 10.6 Å². The molecule has 3 rings (SSSR count). The second-order valence-corrected chi connectivity index (χ2v) is 7.57. The molecule has 0 bridgehead atoms. The highest BCUT2D eigenvalue weighted by molar-refractivity contribution is 7.09. The van der Waals surface area contributed by atoms with Crippen molar-refractivity contribution in [2.24, 2.45) is 5.92 Å². The zero-order chi connectivity index (χ0) is 17.5. The lowest BCUT2D eigenvalue weighted by molar-refractivity contribution is -0.132. The molecule has 1 aliphatic carbocycles. The monoisotopic (exact) mass is 363 g/mol. The maximum Gasteiger partial charge on any atom is 0.249 e. The van der Waals surface area contributed by atoms with Crippen LogP contribution in [-0.4, -0.2) is 42.1 Å². The molecule has 1 aliphatic heterocycles. The Balaban J connectivity index is 1.52. The van der Waals surface area contributed by atoms with Crippen molar-refractivity contribution in [1.82, 2.24) is 15.6 Å². The van der Waals surface area contributed by atoms with Crippen molar-refractivity contribution in [3.8, 4) is 0 Å². The third-order valence-corrected chi connectivity index (χ3v) is 5.59. The molecule has 25 heavy (non-hydrogen) atoms. The molecule has 2 heterocycles. The highest BCUT2D eigenvalue weighted by Crippen LogP contribution is 2.27. The number of hydrogen-bond acceptors (Lipinski definition) is 5. The van der Waals surface area contributed by atoms with Gasteiger partial charge in [-0.15, -0.1) is 11.3 Å². The van der Waals surface area contributed by atoms with Crippen molar-refractivity contribution in [3.05, 3.63) is 28.7 Å². The van der Waals surface area contributed by atoms with Crippen LogP contribution in [0.25, 0.3) is 0 Å². The van der Waals surface area contributed by atoms with E-state index in [1.54, 1.807) is 6.20 Å². The van der Waals surface area contributed by atoms with Gasteiger partial charge in [0.2, 0.25) is 11.8 Å². The Kier molecular flexibility index (Phi) is 6.58. The van der Waals surface area contributed by atoms with Gasteiger partial charge < -0.3 is 15.4 Å². The Hall–Kier alpha value is -1.73. The van der Waals surface area contributed by atoms with Gasteiger partial charge in [-0.2, -0.15) is 0 Å². The number of aromatic nitrogens is 1. The Morgan fingerprint density at radius 2 is 2.16 bits per heavy atom. The molecular weight excluding hydrogens is 338 g/mol. The molecule has 1 aromatic heterocycles. The molecule has 136 valence electrons. The van der Waals surface area contributed by atoms with Gasteiger partial charge in [0.15, 0.2) is 0 Å². The van der Waals surface area contributed by atoms with E-state index in [1.165, 1.54) is 24.2 Å². The number of amides is 2. The zero-order valence-electron chi connectivity index (χ0n) is 14.3. The largest absolute Gasteiger partial charge is 0.364 e. The normalized spacial score (nSPS) is 21.8. The van der Waals surface area contributed by atoms with Gasteiger partial charge in [0.1, 0.15) is 11.1 Å². The minimum Gasteiger partial charge on any atom is -0.364 e.